The van der Waals surface area contributed by atoms with Gasteiger partial charge in [0.15, 0.2) is 4.32 Å². The van der Waals surface area contributed by atoms with E-state index < -0.39 is 0 Å². The SMILES string of the molecule is O=C1C(=Cc2csc(-c3ccsc3)n2)SC(=S)N1c1cccnc1. The van der Waals surface area contributed by atoms with Gasteiger partial charge in [0.2, 0.25) is 0 Å². The van der Waals surface area contributed by atoms with Gasteiger partial charge in [0.25, 0.3) is 5.91 Å². The Labute approximate surface area is 155 Å². The highest BCUT2D eigenvalue weighted by Gasteiger charge is 2.33. The molecule has 1 aliphatic heterocycles. The Kier molecular flexibility index (Phi) is 4.28. The van der Waals surface area contributed by atoms with Gasteiger partial charge in [-0.3, -0.25) is 14.7 Å². The van der Waals surface area contributed by atoms with E-state index in [4.69, 9.17) is 12.2 Å². The van der Waals surface area contributed by atoms with Gasteiger partial charge in [0.1, 0.15) is 5.01 Å². The van der Waals surface area contributed by atoms with E-state index in [1.165, 1.54) is 16.7 Å². The fraction of sp³-hybridized carbons (Fsp3) is 0. The molecule has 3 aromatic rings. The molecule has 0 radical (unpaired) electrons. The van der Waals surface area contributed by atoms with Crippen LogP contribution >= 0.6 is 46.7 Å². The van der Waals surface area contributed by atoms with Crippen molar-refractivity contribution in [3.8, 4) is 10.6 Å². The van der Waals surface area contributed by atoms with E-state index in [0.29, 0.717) is 14.9 Å². The topological polar surface area (TPSA) is 46.1 Å². The number of thiocarbonyl (C=S) groups is 1. The van der Waals surface area contributed by atoms with Crippen LogP contribution in [0.25, 0.3) is 16.6 Å². The first-order valence-corrected chi connectivity index (χ1v) is 9.93. The van der Waals surface area contributed by atoms with Crippen molar-refractivity contribution in [2.75, 3.05) is 4.90 Å². The van der Waals surface area contributed by atoms with Crippen molar-refractivity contribution in [1.82, 2.24) is 9.97 Å². The van der Waals surface area contributed by atoms with Crippen LogP contribution in [0.1, 0.15) is 5.69 Å². The fourth-order valence-corrected chi connectivity index (χ4v) is 4.95. The van der Waals surface area contributed by atoms with Crippen LogP contribution in [0.4, 0.5) is 5.69 Å². The van der Waals surface area contributed by atoms with Gasteiger partial charge in [-0.15, -0.1) is 11.3 Å². The zero-order chi connectivity index (χ0) is 16.5. The standard InChI is InChI=1S/C16H9N3OS4/c20-15-13(24-16(21)19(15)12-2-1-4-17-7-12)6-11-9-23-14(18-11)10-3-5-22-8-10/h1-9H. The fourth-order valence-electron chi connectivity index (χ4n) is 2.18. The van der Waals surface area contributed by atoms with E-state index in [1.54, 1.807) is 47.2 Å². The lowest BCUT2D eigenvalue weighted by molar-refractivity contribution is -0.113. The molecule has 8 heteroatoms. The van der Waals surface area contributed by atoms with E-state index >= 15 is 0 Å². The average molecular weight is 388 g/mol. The van der Waals surface area contributed by atoms with E-state index in [2.05, 4.69) is 15.3 Å². The third-order valence-corrected chi connectivity index (χ3v) is 6.16. The monoisotopic (exact) mass is 387 g/mol. The number of rotatable bonds is 3. The van der Waals surface area contributed by atoms with Gasteiger partial charge in [-0.25, -0.2) is 4.98 Å². The maximum Gasteiger partial charge on any atom is 0.270 e. The summed E-state index contributed by atoms with van der Waals surface area (Å²) in [5.74, 6) is -0.136. The molecule has 0 spiro atoms. The number of aromatic nitrogens is 2. The molecule has 0 bridgehead atoms. The van der Waals surface area contributed by atoms with Crippen LogP contribution in [-0.2, 0) is 4.79 Å². The highest BCUT2D eigenvalue weighted by Crippen LogP contribution is 2.36. The number of thiophene rings is 1. The van der Waals surface area contributed by atoms with Gasteiger partial charge >= 0.3 is 0 Å². The summed E-state index contributed by atoms with van der Waals surface area (Å²) in [4.78, 5) is 23.4. The number of amides is 1. The lowest BCUT2D eigenvalue weighted by Crippen LogP contribution is -2.27. The molecule has 4 rings (SSSR count). The van der Waals surface area contributed by atoms with Gasteiger partial charge in [0, 0.05) is 22.5 Å². The van der Waals surface area contributed by atoms with Crippen LogP contribution in [0.3, 0.4) is 0 Å². The molecule has 1 saturated heterocycles. The molecule has 0 saturated carbocycles. The lowest BCUT2D eigenvalue weighted by Gasteiger charge is -2.13. The third-order valence-electron chi connectivity index (χ3n) is 3.27. The maximum absolute atomic E-state index is 12.7. The van der Waals surface area contributed by atoms with Crippen LogP contribution in [0.5, 0.6) is 0 Å². The molecule has 1 amide bonds. The van der Waals surface area contributed by atoms with E-state index in [9.17, 15) is 4.79 Å². The average Bonchev–Trinajstić information content (AvgIpc) is 3.31. The summed E-state index contributed by atoms with van der Waals surface area (Å²) in [7, 11) is 0. The second kappa shape index (κ2) is 6.56. The van der Waals surface area contributed by atoms with Crippen molar-refractivity contribution >= 4 is 68.6 Å². The van der Waals surface area contributed by atoms with Gasteiger partial charge in [-0.05, 0) is 29.7 Å². The molecular formula is C16H9N3OS4. The lowest BCUT2D eigenvalue weighted by atomic mass is 10.3. The first-order chi connectivity index (χ1) is 11.7. The number of hydrogen-bond donors (Lipinski definition) is 0. The van der Waals surface area contributed by atoms with Crippen molar-refractivity contribution in [3.63, 3.8) is 0 Å². The second-order valence-electron chi connectivity index (χ2n) is 4.82. The number of hydrogen-bond acceptors (Lipinski definition) is 7. The zero-order valence-electron chi connectivity index (χ0n) is 12.1. The molecule has 0 N–H and O–H groups in total. The molecule has 4 heterocycles. The summed E-state index contributed by atoms with van der Waals surface area (Å²) < 4.78 is 0.507. The normalized spacial score (nSPS) is 16.3. The summed E-state index contributed by atoms with van der Waals surface area (Å²) in [6.45, 7) is 0. The molecule has 24 heavy (non-hydrogen) atoms. The van der Waals surface area contributed by atoms with Crippen molar-refractivity contribution in [1.29, 1.82) is 0 Å². The molecule has 0 atom stereocenters. The first kappa shape index (κ1) is 15.6. The van der Waals surface area contributed by atoms with Crippen molar-refractivity contribution in [2.24, 2.45) is 0 Å². The minimum atomic E-state index is -0.136. The maximum atomic E-state index is 12.7. The Balaban J connectivity index is 1.62. The molecule has 1 fully saturated rings. The Morgan fingerprint density at radius 3 is 2.92 bits per heavy atom. The minimum absolute atomic E-state index is 0.136. The Bertz CT molecular complexity index is 931. The Hall–Kier alpha value is -1.87. The molecule has 0 unspecified atom stereocenters. The molecule has 3 aromatic heterocycles. The molecule has 0 aliphatic carbocycles. The molecule has 1 aliphatic rings. The van der Waals surface area contributed by atoms with Crippen LogP contribution in [0.15, 0.2) is 51.6 Å². The number of carbonyl (C=O) groups excluding carboxylic acids is 1. The van der Waals surface area contributed by atoms with Crippen molar-refractivity contribution < 1.29 is 4.79 Å². The van der Waals surface area contributed by atoms with Crippen LogP contribution < -0.4 is 4.90 Å². The molecular weight excluding hydrogens is 378 g/mol. The highest BCUT2D eigenvalue weighted by atomic mass is 32.2. The van der Waals surface area contributed by atoms with Crippen LogP contribution in [0, 0.1) is 0 Å². The predicted molar refractivity (Wildman–Crippen MR) is 105 cm³/mol. The number of thioether (sulfide) groups is 1. The van der Waals surface area contributed by atoms with Crippen molar-refractivity contribution in [2.45, 2.75) is 0 Å². The number of carbonyl (C=O) groups is 1. The smallest absolute Gasteiger partial charge is 0.268 e. The largest absolute Gasteiger partial charge is 0.270 e. The predicted octanol–water partition coefficient (Wildman–Crippen LogP) is 4.67. The summed E-state index contributed by atoms with van der Waals surface area (Å²) in [6.07, 6.45) is 5.09. The van der Waals surface area contributed by atoms with Gasteiger partial charge in [-0.1, -0.05) is 24.0 Å². The summed E-state index contributed by atoms with van der Waals surface area (Å²) in [6, 6.07) is 5.64. The van der Waals surface area contributed by atoms with E-state index in [1.807, 2.05) is 22.9 Å². The molecule has 4 nitrogen and oxygen atoms in total. The minimum Gasteiger partial charge on any atom is -0.268 e. The summed E-state index contributed by atoms with van der Waals surface area (Å²) >= 11 is 9.83. The van der Waals surface area contributed by atoms with Gasteiger partial charge in [0.05, 0.1) is 22.5 Å². The Morgan fingerprint density at radius 1 is 1.25 bits per heavy atom. The number of pyridine rings is 1. The summed E-state index contributed by atoms with van der Waals surface area (Å²) in [5.41, 5.74) is 2.56. The van der Waals surface area contributed by atoms with Gasteiger partial charge in [-0.2, -0.15) is 11.3 Å². The van der Waals surface area contributed by atoms with Crippen molar-refractivity contribution in [3.05, 3.63) is 57.3 Å². The quantitative estimate of drug-likeness (QED) is 0.483. The van der Waals surface area contributed by atoms with E-state index in [-0.39, 0.29) is 5.91 Å². The Morgan fingerprint density at radius 2 is 2.17 bits per heavy atom. The second-order valence-corrected chi connectivity index (χ2v) is 8.13. The molecule has 118 valence electrons. The number of thiazole rings is 1. The van der Waals surface area contributed by atoms with Crippen LogP contribution in [0.2, 0.25) is 0 Å². The van der Waals surface area contributed by atoms with Crippen LogP contribution in [-0.4, -0.2) is 20.2 Å². The summed E-state index contributed by atoms with van der Waals surface area (Å²) in [5, 5.41) is 6.98. The molecule has 0 aromatic carbocycles. The highest BCUT2D eigenvalue weighted by molar-refractivity contribution is 8.27. The first-order valence-electron chi connectivity index (χ1n) is 6.88. The number of nitrogens with zero attached hydrogens (tertiary/aromatic N) is 3. The van der Waals surface area contributed by atoms with E-state index in [0.717, 1.165) is 16.3 Å². The number of anilines is 1. The zero-order valence-corrected chi connectivity index (χ0v) is 15.3. The third kappa shape index (κ3) is 2.93. The van der Waals surface area contributed by atoms with Gasteiger partial charge < -0.3 is 0 Å².